The molecular weight excluding hydrogens is 481 g/mol. The van der Waals surface area contributed by atoms with Crippen LogP contribution in [0, 0.1) is 5.82 Å². The van der Waals surface area contributed by atoms with Gasteiger partial charge in [0, 0.05) is 43.9 Å². The number of aliphatic hydroxyl groups is 2. The van der Waals surface area contributed by atoms with Gasteiger partial charge in [-0.25, -0.2) is 9.07 Å². The number of carbonyl (C=O) groups is 1. The zero-order chi connectivity index (χ0) is 25.9. The van der Waals surface area contributed by atoms with Crippen LogP contribution in [0.3, 0.4) is 0 Å². The van der Waals surface area contributed by atoms with Crippen molar-refractivity contribution < 1.29 is 28.9 Å². The fourth-order valence-electron chi connectivity index (χ4n) is 4.93. The summed E-state index contributed by atoms with van der Waals surface area (Å²) in [6.07, 6.45) is -1.11. The third-order valence-corrected chi connectivity index (χ3v) is 7.02. The van der Waals surface area contributed by atoms with Crippen LogP contribution in [0.5, 0.6) is 5.75 Å². The zero-order valence-electron chi connectivity index (χ0n) is 20.5. The minimum atomic E-state index is -1.09. The second-order valence-electron chi connectivity index (χ2n) is 9.24. The summed E-state index contributed by atoms with van der Waals surface area (Å²) in [5.41, 5.74) is 2.05. The number of anilines is 1. The van der Waals surface area contributed by atoms with E-state index < -0.39 is 36.8 Å². The molecule has 3 heterocycles. The fourth-order valence-corrected chi connectivity index (χ4v) is 4.93. The number of hydrogen-bond donors (Lipinski definition) is 2. The van der Waals surface area contributed by atoms with Gasteiger partial charge in [-0.3, -0.25) is 4.79 Å². The smallest absolute Gasteiger partial charge is 0.251 e. The fraction of sp³-hybridized carbons (Fsp3) is 0.423. The van der Waals surface area contributed by atoms with Gasteiger partial charge in [0.1, 0.15) is 35.6 Å². The van der Waals surface area contributed by atoms with Crippen LogP contribution < -0.4 is 9.64 Å². The van der Waals surface area contributed by atoms with Crippen molar-refractivity contribution >= 4 is 11.6 Å². The Hall–Kier alpha value is -3.54. The normalized spacial score (nSPS) is 24.2. The third kappa shape index (κ3) is 5.29. The van der Waals surface area contributed by atoms with Gasteiger partial charge in [-0.05, 0) is 36.4 Å². The number of piperazine rings is 1. The summed E-state index contributed by atoms with van der Waals surface area (Å²) in [5.74, 6) is 0.212. The number of ether oxygens (including phenoxy) is 2. The van der Waals surface area contributed by atoms with Crippen LogP contribution in [-0.2, 0) is 9.53 Å². The molecule has 2 aliphatic heterocycles. The molecule has 196 valence electrons. The number of aliphatic hydroxyl groups excluding tert-OH is 2. The van der Waals surface area contributed by atoms with E-state index in [-0.39, 0.29) is 12.3 Å². The predicted octanol–water partition coefficient (Wildman–Crippen LogP) is 1.49. The first-order valence-electron chi connectivity index (χ1n) is 12.3. The molecule has 0 radical (unpaired) electrons. The van der Waals surface area contributed by atoms with Gasteiger partial charge in [0.15, 0.2) is 0 Å². The van der Waals surface area contributed by atoms with Crippen LogP contribution in [0.15, 0.2) is 54.7 Å². The first-order chi connectivity index (χ1) is 18.0. The Morgan fingerprint density at radius 1 is 1.16 bits per heavy atom. The summed E-state index contributed by atoms with van der Waals surface area (Å²) in [5, 5.41) is 28.9. The van der Waals surface area contributed by atoms with Gasteiger partial charge in [-0.1, -0.05) is 17.3 Å². The maximum Gasteiger partial charge on any atom is 0.251 e. The maximum atomic E-state index is 13.7. The maximum absolute atomic E-state index is 13.7. The number of amides is 1. The molecule has 2 N–H and O–H groups in total. The monoisotopic (exact) mass is 511 g/mol. The molecule has 1 amide bonds. The first-order valence-corrected chi connectivity index (χ1v) is 12.3. The topological polar surface area (TPSA) is 113 Å². The highest BCUT2D eigenvalue weighted by molar-refractivity contribution is 5.81. The molecule has 2 aliphatic rings. The van der Waals surface area contributed by atoms with Crippen molar-refractivity contribution in [3.63, 3.8) is 0 Å². The van der Waals surface area contributed by atoms with Crippen LogP contribution in [0.4, 0.5) is 10.1 Å². The average Bonchev–Trinajstić information content (AvgIpc) is 3.43. The van der Waals surface area contributed by atoms with Crippen molar-refractivity contribution in [2.24, 2.45) is 0 Å². The van der Waals surface area contributed by atoms with Crippen LogP contribution in [0.1, 0.15) is 12.5 Å². The number of benzene rings is 2. The van der Waals surface area contributed by atoms with Crippen LogP contribution in [0.2, 0.25) is 0 Å². The average molecular weight is 512 g/mol. The minimum Gasteiger partial charge on any atom is -0.497 e. The van der Waals surface area contributed by atoms with Gasteiger partial charge in [0.05, 0.1) is 26.0 Å². The molecule has 0 spiro atoms. The highest BCUT2D eigenvalue weighted by Gasteiger charge is 2.43. The molecule has 0 bridgehead atoms. The van der Waals surface area contributed by atoms with E-state index in [1.165, 1.54) is 16.8 Å². The predicted molar refractivity (Wildman–Crippen MR) is 133 cm³/mol. The van der Waals surface area contributed by atoms with E-state index in [1.807, 2.05) is 24.3 Å². The summed E-state index contributed by atoms with van der Waals surface area (Å²) >= 11 is 0. The molecule has 11 heteroatoms. The van der Waals surface area contributed by atoms with Crippen LogP contribution in [-0.4, -0.2) is 94.2 Å². The number of carbonyl (C=O) groups excluding carboxylic acids is 1. The highest BCUT2D eigenvalue weighted by Crippen LogP contribution is 2.31. The molecule has 1 aromatic heterocycles. The van der Waals surface area contributed by atoms with Crippen molar-refractivity contribution in [2.75, 3.05) is 44.8 Å². The van der Waals surface area contributed by atoms with Gasteiger partial charge in [0.25, 0.3) is 5.91 Å². The molecule has 2 aromatic carbocycles. The largest absolute Gasteiger partial charge is 0.497 e. The van der Waals surface area contributed by atoms with Crippen LogP contribution in [0.25, 0.3) is 11.3 Å². The number of aromatic nitrogens is 3. The highest BCUT2D eigenvalue weighted by atomic mass is 19.1. The molecule has 2 saturated heterocycles. The first kappa shape index (κ1) is 25.1. The second-order valence-corrected chi connectivity index (χ2v) is 9.24. The van der Waals surface area contributed by atoms with Gasteiger partial charge < -0.3 is 29.5 Å². The summed E-state index contributed by atoms with van der Waals surface area (Å²) < 4.78 is 26.2. The Balaban J connectivity index is 1.26. The lowest BCUT2D eigenvalue weighted by Crippen LogP contribution is -2.56. The Kier molecular flexibility index (Phi) is 7.36. The summed E-state index contributed by atoms with van der Waals surface area (Å²) in [6, 6.07) is 13.2. The standard InChI is InChI=1S/C26H30FN5O5/c1-36-20-7-5-19(6-8-20)30-9-11-31(12-10-30)26(35)23-14-22(25(34)24(16-33)37-23)32-15-21(28-29-32)17-3-2-4-18(27)13-17/h2-8,13,15,22-25,33-34H,9-12,14,16H2,1H3/t22-,23-,24-,25-/m1/s1. The molecule has 0 unspecified atom stereocenters. The zero-order valence-corrected chi connectivity index (χ0v) is 20.5. The molecule has 37 heavy (non-hydrogen) atoms. The van der Waals surface area contributed by atoms with Gasteiger partial charge >= 0.3 is 0 Å². The van der Waals surface area contributed by atoms with Gasteiger partial charge in [0.2, 0.25) is 0 Å². The van der Waals surface area contributed by atoms with E-state index in [0.29, 0.717) is 37.4 Å². The van der Waals surface area contributed by atoms with E-state index in [1.54, 1.807) is 30.3 Å². The molecule has 3 aromatic rings. The summed E-state index contributed by atoms with van der Waals surface area (Å²) in [6.45, 7) is 1.93. The quantitative estimate of drug-likeness (QED) is 0.512. The van der Waals surface area contributed by atoms with Crippen LogP contribution >= 0.6 is 0 Å². The lowest BCUT2D eigenvalue weighted by atomic mass is 9.94. The molecule has 4 atom stereocenters. The SMILES string of the molecule is COc1ccc(N2CCN(C(=O)[C@H]3C[C@@H](n4cc(-c5cccc(F)c5)nn4)[C@@H](O)[C@@H](CO)O3)CC2)cc1. The molecule has 10 nitrogen and oxygen atoms in total. The van der Waals surface area contributed by atoms with Crippen molar-refractivity contribution in [3.05, 3.63) is 60.5 Å². The number of rotatable bonds is 6. The second kappa shape index (κ2) is 10.8. The molecule has 0 saturated carbocycles. The minimum absolute atomic E-state index is 0.168. The lowest BCUT2D eigenvalue weighted by Gasteiger charge is -2.41. The Labute approximate surface area is 213 Å². The van der Waals surface area contributed by atoms with Crippen molar-refractivity contribution in [1.29, 1.82) is 0 Å². The third-order valence-electron chi connectivity index (χ3n) is 7.02. The van der Waals surface area contributed by atoms with E-state index in [0.717, 1.165) is 11.4 Å². The van der Waals surface area contributed by atoms with Gasteiger partial charge in [-0.2, -0.15) is 0 Å². The number of hydrogen-bond acceptors (Lipinski definition) is 8. The van der Waals surface area contributed by atoms with Crippen molar-refractivity contribution in [2.45, 2.75) is 30.8 Å². The molecule has 2 fully saturated rings. The lowest BCUT2D eigenvalue weighted by molar-refractivity contribution is -0.178. The van der Waals surface area contributed by atoms with E-state index in [9.17, 15) is 19.4 Å². The van der Waals surface area contributed by atoms with Crippen molar-refractivity contribution in [1.82, 2.24) is 19.9 Å². The molecule has 0 aliphatic carbocycles. The Morgan fingerprint density at radius 3 is 2.59 bits per heavy atom. The molecule has 5 rings (SSSR count). The Bertz CT molecular complexity index is 1210. The summed E-state index contributed by atoms with van der Waals surface area (Å²) in [4.78, 5) is 17.4. The number of nitrogens with zero attached hydrogens (tertiary/aromatic N) is 5. The van der Waals surface area contributed by atoms with E-state index >= 15 is 0 Å². The van der Waals surface area contributed by atoms with Gasteiger partial charge in [-0.15, -0.1) is 5.10 Å². The number of methoxy groups -OCH3 is 1. The Morgan fingerprint density at radius 2 is 1.92 bits per heavy atom. The van der Waals surface area contributed by atoms with Crippen molar-refractivity contribution in [3.8, 4) is 17.0 Å². The van der Waals surface area contributed by atoms with E-state index in [2.05, 4.69) is 15.2 Å². The molecular formula is C26H30FN5O5. The summed E-state index contributed by atoms with van der Waals surface area (Å²) in [7, 11) is 1.63. The van der Waals surface area contributed by atoms with E-state index in [4.69, 9.17) is 9.47 Å². The number of halogens is 1.